The van der Waals surface area contributed by atoms with Crippen molar-refractivity contribution in [2.45, 2.75) is 20.3 Å². The number of piperazine rings is 1. The van der Waals surface area contributed by atoms with Crippen LogP contribution in [-0.2, 0) is 0 Å². The third-order valence-electron chi connectivity index (χ3n) is 4.21. The average molecular weight is 348 g/mol. The highest BCUT2D eigenvalue weighted by molar-refractivity contribution is 7.22. The lowest BCUT2D eigenvalue weighted by Gasteiger charge is -2.34. The summed E-state index contributed by atoms with van der Waals surface area (Å²) in [6.07, 6.45) is 1.12. The van der Waals surface area contributed by atoms with E-state index in [1.165, 1.54) is 17.4 Å². The number of aromatic nitrogens is 1. The number of rotatable bonds is 4. The molecular formula is C16H20N4O3S. The summed E-state index contributed by atoms with van der Waals surface area (Å²) in [5, 5.41) is 12.3. The molecule has 1 aliphatic rings. The molecule has 1 aliphatic heterocycles. The molecule has 0 amide bonds. The molecule has 8 heteroatoms. The molecule has 7 nitrogen and oxygen atoms in total. The Bertz CT molecular complexity index is 828. The van der Waals surface area contributed by atoms with E-state index in [2.05, 4.69) is 21.7 Å². The first-order valence-corrected chi connectivity index (χ1v) is 8.88. The fraction of sp³-hybridized carbons (Fsp3) is 0.500. The highest BCUT2D eigenvalue weighted by Gasteiger charge is 2.22. The molecule has 0 N–H and O–H groups in total. The number of non-ortho nitro benzene ring substituents is 1. The zero-order valence-corrected chi connectivity index (χ0v) is 14.6. The zero-order chi connectivity index (χ0) is 17.3. The van der Waals surface area contributed by atoms with Crippen molar-refractivity contribution in [3.05, 3.63) is 38.2 Å². The SMILES string of the molecule is CCCN1CCN(c2nc(=O)c3cc(C)cc([N+](=O)[O-])c3s2)CC1. The normalized spacial score (nSPS) is 15.8. The number of benzene rings is 1. The summed E-state index contributed by atoms with van der Waals surface area (Å²) in [4.78, 5) is 31.9. The van der Waals surface area contributed by atoms with Gasteiger partial charge in [0, 0.05) is 32.2 Å². The lowest BCUT2D eigenvalue weighted by molar-refractivity contribution is -0.382. The van der Waals surface area contributed by atoms with Crippen LogP contribution in [0, 0.1) is 17.0 Å². The van der Waals surface area contributed by atoms with Crippen LogP contribution in [0.5, 0.6) is 0 Å². The Labute approximate surface area is 143 Å². The van der Waals surface area contributed by atoms with E-state index < -0.39 is 4.92 Å². The lowest BCUT2D eigenvalue weighted by Crippen LogP contribution is -2.46. The van der Waals surface area contributed by atoms with E-state index in [0.29, 0.717) is 20.8 Å². The summed E-state index contributed by atoms with van der Waals surface area (Å²) in [6, 6.07) is 3.19. The van der Waals surface area contributed by atoms with Gasteiger partial charge < -0.3 is 4.90 Å². The Hall–Kier alpha value is -2.06. The number of fused-ring (bicyclic) bond motifs is 1. The summed E-state index contributed by atoms with van der Waals surface area (Å²) >= 11 is 1.24. The number of anilines is 1. The van der Waals surface area contributed by atoms with Crippen LogP contribution in [0.4, 0.5) is 10.8 Å². The van der Waals surface area contributed by atoms with Crippen LogP contribution in [-0.4, -0.2) is 47.5 Å². The van der Waals surface area contributed by atoms with Crippen LogP contribution in [0.15, 0.2) is 16.9 Å². The lowest BCUT2D eigenvalue weighted by atomic mass is 10.1. The molecule has 128 valence electrons. The average Bonchev–Trinajstić information content (AvgIpc) is 2.55. The van der Waals surface area contributed by atoms with Crippen LogP contribution in [0.3, 0.4) is 0 Å². The molecule has 0 radical (unpaired) electrons. The number of nitro groups is 1. The molecule has 0 bridgehead atoms. The summed E-state index contributed by atoms with van der Waals surface area (Å²) in [5.74, 6) is 0. The highest BCUT2D eigenvalue weighted by Crippen LogP contribution is 2.32. The largest absolute Gasteiger partial charge is 0.345 e. The summed E-state index contributed by atoms with van der Waals surface area (Å²) in [6.45, 7) is 8.39. The molecule has 2 aromatic rings. The summed E-state index contributed by atoms with van der Waals surface area (Å²) in [5.41, 5.74) is 0.295. The fourth-order valence-corrected chi connectivity index (χ4v) is 4.15. The number of aryl methyl sites for hydroxylation is 1. The summed E-state index contributed by atoms with van der Waals surface area (Å²) in [7, 11) is 0. The van der Waals surface area contributed by atoms with Gasteiger partial charge in [0.1, 0.15) is 4.70 Å². The van der Waals surface area contributed by atoms with E-state index >= 15 is 0 Å². The molecule has 0 unspecified atom stereocenters. The maximum Gasteiger partial charge on any atom is 0.287 e. The fourth-order valence-electron chi connectivity index (χ4n) is 3.03. The Balaban J connectivity index is 1.99. The maximum absolute atomic E-state index is 12.4. The number of nitro benzene ring substituents is 1. The molecule has 0 saturated carbocycles. The topological polar surface area (TPSA) is 79.6 Å². The van der Waals surface area contributed by atoms with Gasteiger partial charge in [-0.15, -0.1) is 0 Å². The molecule has 1 saturated heterocycles. The first-order valence-electron chi connectivity index (χ1n) is 8.06. The maximum atomic E-state index is 12.4. The van der Waals surface area contributed by atoms with E-state index in [1.807, 2.05) is 0 Å². The molecule has 24 heavy (non-hydrogen) atoms. The van der Waals surface area contributed by atoms with Crippen molar-refractivity contribution in [2.75, 3.05) is 37.6 Å². The Morgan fingerprint density at radius 1 is 1.29 bits per heavy atom. The van der Waals surface area contributed by atoms with Crippen molar-refractivity contribution in [3.8, 4) is 0 Å². The molecule has 1 aromatic heterocycles. The Kier molecular flexibility index (Phi) is 4.77. The van der Waals surface area contributed by atoms with Crippen molar-refractivity contribution < 1.29 is 4.92 Å². The molecule has 0 aliphatic carbocycles. The van der Waals surface area contributed by atoms with Gasteiger partial charge in [0.15, 0.2) is 5.13 Å². The monoisotopic (exact) mass is 348 g/mol. The number of nitrogens with zero attached hydrogens (tertiary/aromatic N) is 4. The summed E-state index contributed by atoms with van der Waals surface area (Å²) < 4.78 is 0.414. The van der Waals surface area contributed by atoms with Gasteiger partial charge in [0.2, 0.25) is 0 Å². The molecule has 0 atom stereocenters. The minimum Gasteiger partial charge on any atom is -0.345 e. The van der Waals surface area contributed by atoms with E-state index in [4.69, 9.17) is 0 Å². The molecular weight excluding hydrogens is 328 g/mol. The zero-order valence-electron chi connectivity index (χ0n) is 13.8. The molecule has 1 aromatic carbocycles. The van der Waals surface area contributed by atoms with Crippen LogP contribution in [0.2, 0.25) is 0 Å². The molecule has 3 rings (SSSR count). The third-order valence-corrected chi connectivity index (χ3v) is 5.38. The van der Waals surface area contributed by atoms with Crippen molar-refractivity contribution in [2.24, 2.45) is 0 Å². The van der Waals surface area contributed by atoms with Crippen LogP contribution in [0.1, 0.15) is 18.9 Å². The number of hydrogen-bond donors (Lipinski definition) is 0. The van der Waals surface area contributed by atoms with Gasteiger partial charge >= 0.3 is 0 Å². The minimum absolute atomic E-state index is 0.0135. The molecule has 2 heterocycles. The van der Waals surface area contributed by atoms with Gasteiger partial charge in [-0.1, -0.05) is 18.3 Å². The van der Waals surface area contributed by atoms with Gasteiger partial charge in [-0.05, 0) is 31.5 Å². The minimum atomic E-state index is -0.422. The quantitative estimate of drug-likeness (QED) is 0.623. The van der Waals surface area contributed by atoms with E-state index in [0.717, 1.165) is 39.1 Å². The standard InChI is InChI=1S/C16H20N4O3S/c1-3-4-18-5-7-19(8-6-18)16-17-15(21)12-9-11(2)10-13(20(22)23)14(12)24-16/h9-10H,3-8H2,1-2H3. The van der Waals surface area contributed by atoms with Crippen molar-refractivity contribution in [1.82, 2.24) is 9.88 Å². The van der Waals surface area contributed by atoms with E-state index in [1.54, 1.807) is 13.0 Å². The van der Waals surface area contributed by atoms with Gasteiger partial charge in [-0.3, -0.25) is 19.8 Å². The van der Waals surface area contributed by atoms with Crippen molar-refractivity contribution in [3.63, 3.8) is 0 Å². The van der Waals surface area contributed by atoms with Crippen LogP contribution < -0.4 is 10.5 Å². The van der Waals surface area contributed by atoms with Gasteiger partial charge in [0.05, 0.1) is 10.3 Å². The first kappa shape index (κ1) is 16.8. The van der Waals surface area contributed by atoms with Gasteiger partial charge in [0.25, 0.3) is 11.2 Å². The van der Waals surface area contributed by atoms with Crippen LogP contribution in [0.25, 0.3) is 10.1 Å². The second-order valence-electron chi connectivity index (χ2n) is 6.05. The highest BCUT2D eigenvalue weighted by atomic mass is 32.1. The smallest absolute Gasteiger partial charge is 0.287 e. The second-order valence-corrected chi connectivity index (χ2v) is 7.03. The van der Waals surface area contributed by atoms with Crippen molar-refractivity contribution >= 4 is 32.2 Å². The van der Waals surface area contributed by atoms with Crippen LogP contribution >= 0.6 is 11.3 Å². The Morgan fingerprint density at radius 3 is 2.62 bits per heavy atom. The first-order chi connectivity index (χ1) is 11.5. The molecule has 1 fully saturated rings. The van der Waals surface area contributed by atoms with Gasteiger partial charge in [-0.25, -0.2) is 0 Å². The molecule has 0 spiro atoms. The van der Waals surface area contributed by atoms with Crippen molar-refractivity contribution in [1.29, 1.82) is 0 Å². The van der Waals surface area contributed by atoms with E-state index in [9.17, 15) is 14.9 Å². The third kappa shape index (κ3) is 3.25. The number of hydrogen-bond acceptors (Lipinski definition) is 7. The Morgan fingerprint density at radius 2 is 2.00 bits per heavy atom. The second kappa shape index (κ2) is 6.82. The van der Waals surface area contributed by atoms with E-state index in [-0.39, 0.29) is 11.2 Å². The van der Waals surface area contributed by atoms with Gasteiger partial charge in [-0.2, -0.15) is 4.98 Å². The predicted molar refractivity (Wildman–Crippen MR) is 96.2 cm³/mol. The predicted octanol–water partition coefficient (Wildman–Crippen LogP) is 2.41.